The highest BCUT2D eigenvalue weighted by atomic mass is 14.8. The minimum atomic E-state index is 0.140. The van der Waals surface area contributed by atoms with E-state index in [0.717, 1.165) is 11.8 Å². The van der Waals surface area contributed by atoms with Crippen molar-refractivity contribution in [2.45, 2.75) is 90.5 Å². The zero-order valence-corrected chi connectivity index (χ0v) is 12.8. The van der Waals surface area contributed by atoms with Crippen molar-refractivity contribution in [3.05, 3.63) is 0 Å². The molecular weight excluding hydrogens is 218 g/mol. The van der Waals surface area contributed by atoms with Gasteiger partial charge in [0.25, 0.3) is 0 Å². The summed E-state index contributed by atoms with van der Waals surface area (Å²) >= 11 is 0. The van der Waals surface area contributed by atoms with Gasteiger partial charge in [-0.25, -0.2) is 0 Å². The van der Waals surface area contributed by atoms with E-state index in [-0.39, 0.29) is 5.54 Å². The van der Waals surface area contributed by atoms with E-state index in [0.29, 0.717) is 5.41 Å². The summed E-state index contributed by atoms with van der Waals surface area (Å²) in [7, 11) is 0. The third kappa shape index (κ3) is 2.92. The Kier molecular flexibility index (Phi) is 4.41. The Labute approximate surface area is 114 Å². The zero-order valence-electron chi connectivity index (χ0n) is 12.8. The molecular formula is C17H33N. The molecule has 1 heteroatoms. The van der Waals surface area contributed by atoms with Crippen LogP contribution >= 0.6 is 0 Å². The molecule has 0 aromatic rings. The van der Waals surface area contributed by atoms with E-state index >= 15 is 0 Å². The van der Waals surface area contributed by atoms with Gasteiger partial charge in [0.1, 0.15) is 0 Å². The molecule has 0 heterocycles. The van der Waals surface area contributed by atoms with Crippen LogP contribution in [0.25, 0.3) is 0 Å². The normalized spacial score (nSPS) is 36.3. The second-order valence-corrected chi connectivity index (χ2v) is 7.97. The summed E-state index contributed by atoms with van der Waals surface area (Å²) in [6.45, 7) is 7.21. The van der Waals surface area contributed by atoms with Crippen molar-refractivity contribution in [2.75, 3.05) is 0 Å². The molecule has 0 bridgehead atoms. The first-order valence-corrected chi connectivity index (χ1v) is 8.23. The Hall–Kier alpha value is -0.0400. The van der Waals surface area contributed by atoms with Gasteiger partial charge in [0.15, 0.2) is 0 Å². The number of rotatable bonds is 1. The van der Waals surface area contributed by atoms with Gasteiger partial charge >= 0.3 is 0 Å². The second-order valence-electron chi connectivity index (χ2n) is 7.97. The van der Waals surface area contributed by atoms with Crippen LogP contribution in [0.3, 0.4) is 0 Å². The fourth-order valence-corrected chi connectivity index (χ4v) is 4.77. The van der Waals surface area contributed by atoms with Gasteiger partial charge in [-0.15, -0.1) is 0 Å². The van der Waals surface area contributed by atoms with E-state index < -0.39 is 0 Å². The van der Waals surface area contributed by atoms with Gasteiger partial charge in [0.2, 0.25) is 0 Å². The van der Waals surface area contributed by atoms with Crippen LogP contribution in [0.4, 0.5) is 0 Å². The Bertz CT molecular complexity index is 257. The predicted molar refractivity (Wildman–Crippen MR) is 79.5 cm³/mol. The summed E-state index contributed by atoms with van der Waals surface area (Å²) < 4.78 is 0. The highest BCUT2D eigenvalue weighted by molar-refractivity contribution is 5.03. The molecule has 2 saturated carbocycles. The van der Waals surface area contributed by atoms with Crippen LogP contribution in [0.5, 0.6) is 0 Å². The minimum Gasteiger partial charge on any atom is -0.325 e. The molecule has 2 unspecified atom stereocenters. The van der Waals surface area contributed by atoms with Gasteiger partial charge in [-0.05, 0) is 42.9 Å². The minimum absolute atomic E-state index is 0.140. The summed E-state index contributed by atoms with van der Waals surface area (Å²) in [5.74, 6) is 1.52. The third-order valence-corrected chi connectivity index (χ3v) is 5.66. The van der Waals surface area contributed by atoms with Gasteiger partial charge in [-0.2, -0.15) is 0 Å². The molecule has 0 amide bonds. The zero-order chi connectivity index (χ0) is 13.2. The highest BCUT2D eigenvalue weighted by Crippen LogP contribution is 2.49. The summed E-state index contributed by atoms with van der Waals surface area (Å²) in [6.07, 6.45) is 13.9. The van der Waals surface area contributed by atoms with Crippen LogP contribution in [0.1, 0.15) is 85.0 Å². The van der Waals surface area contributed by atoms with Crippen molar-refractivity contribution in [1.29, 1.82) is 0 Å². The number of hydrogen-bond acceptors (Lipinski definition) is 1. The van der Waals surface area contributed by atoms with Crippen LogP contribution in [0.15, 0.2) is 0 Å². The molecule has 2 aliphatic rings. The molecule has 2 rings (SSSR count). The Morgan fingerprint density at radius 1 is 0.833 bits per heavy atom. The van der Waals surface area contributed by atoms with Crippen molar-refractivity contribution in [1.82, 2.24) is 0 Å². The maximum atomic E-state index is 7.03. The summed E-state index contributed by atoms with van der Waals surface area (Å²) in [5.41, 5.74) is 7.55. The van der Waals surface area contributed by atoms with Gasteiger partial charge in [-0.1, -0.05) is 59.3 Å². The molecule has 2 N–H and O–H groups in total. The van der Waals surface area contributed by atoms with Gasteiger partial charge < -0.3 is 5.73 Å². The Morgan fingerprint density at radius 3 is 1.94 bits per heavy atom. The van der Waals surface area contributed by atoms with Crippen LogP contribution < -0.4 is 5.73 Å². The van der Waals surface area contributed by atoms with Crippen molar-refractivity contribution in [2.24, 2.45) is 23.0 Å². The molecule has 0 saturated heterocycles. The Morgan fingerprint density at radius 2 is 1.39 bits per heavy atom. The van der Waals surface area contributed by atoms with Crippen LogP contribution in [-0.2, 0) is 0 Å². The van der Waals surface area contributed by atoms with E-state index in [9.17, 15) is 0 Å². The fraction of sp³-hybridized carbons (Fsp3) is 1.00. The molecule has 2 aliphatic carbocycles. The van der Waals surface area contributed by atoms with E-state index in [1.165, 1.54) is 64.2 Å². The van der Waals surface area contributed by atoms with Crippen LogP contribution in [-0.4, -0.2) is 5.54 Å². The van der Waals surface area contributed by atoms with Crippen molar-refractivity contribution in [3.63, 3.8) is 0 Å². The topological polar surface area (TPSA) is 26.0 Å². The molecule has 1 nitrogen and oxygen atoms in total. The fourth-order valence-electron chi connectivity index (χ4n) is 4.77. The number of hydrogen-bond donors (Lipinski definition) is 1. The largest absolute Gasteiger partial charge is 0.325 e. The van der Waals surface area contributed by atoms with Gasteiger partial charge in [-0.3, -0.25) is 0 Å². The predicted octanol–water partition coefficient (Wildman–Crippen LogP) is 4.89. The quantitative estimate of drug-likeness (QED) is 0.660. The monoisotopic (exact) mass is 251 g/mol. The summed E-state index contributed by atoms with van der Waals surface area (Å²) in [5, 5.41) is 0. The molecule has 0 aromatic carbocycles. The molecule has 0 aliphatic heterocycles. The Balaban J connectivity index is 2.18. The SMILES string of the molecule is CC(C)(C)C1CCCCC1(N)C1CCCCCC1. The molecule has 0 aromatic heterocycles. The highest BCUT2D eigenvalue weighted by Gasteiger charge is 2.47. The van der Waals surface area contributed by atoms with Crippen LogP contribution in [0.2, 0.25) is 0 Å². The van der Waals surface area contributed by atoms with E-state index in [2.05, 4.69) is 20.8 Å². The molecule has 106 valence electrons. The second kappa shape index (κ2) is 5.53. The van der Waals surface area contributed by atoms with E-state index in [1.807, 2.05) is 0 Å². The molecule has 0 radical (unpaired) electrons. The lowest BCUT2D eigenvalue weighted by Crippen LogP contribution is -2.58. The molecule has 2 atom stereocenters. The molecule has 0 spiro atoms. The summed E-state index contributed by atoms with van der Waals surface area (Å²) in [6, 6.07) is 0. The van der Waals surface area contributed by atoms with E-state index in [4.69, 9.17) is 5.73 Å². The first-order valence-electron chi connectivity index (χ1n) is 8.23. The molecule has 18 heavy (non-hydrogen) atoms. The average Bonchev–Trinajstić information content (AvgIpc) is 2.56. The van der Waals surface area contributed by atoms with E-state index in [1.54, 1.807) is 0 Å². The molecule has 2 fully saturated rings. The van der Waals surface area contributed by atoms with Gasteiger partial charge in [0.05, 0.1) is 0 Å². The lowest BCUT2D eigenvalue weighted by Gasteiger charge is -2.52. The van der Waals surface area contributed by atoms with Crippen molar-refractivity contribution >= 4 is 0 Å². The maximum Gasteiger partial charge on any atom is 0.0216 e. The maximum absolute atomic E-state index is 7.03. The van der Waals surface area contributed by atoms with Crippen molar-refractivity contribution < 1.29 is 0 Å². The average molecular weight is 251 g/mol. The standard InChI is InChI=1S/C17H33N/c1-16(2,3)15-12-8-9-13-17(15,18)14-10-6-4-5-7-11-14/h14-15H,4-13,18H2,1-3H3. The number of nitrogens with two attached hydrogens (primary N) is 1. The third-order valence-electron chi connectivity index (χ3n) is 5.66. The lowest BCUT2D eigenvalue weighted by atomic mass is 9.57. The summed E-state index contributed by atoms with van der Waals surface area (Å²) in [4.78, 5) is 0. The first kappa shape index (κ1) is 14.4. The first-order chi connectivity index (χ1) is 8.44. The van der Waals surface area contributed by atoms with Gasteiger partial charge in [0, 0.05) is 5.54 Å². The smallest absolute Gasteiger partial charge is 0.0216 e. The van der Waals surface area contributed by atoms with Crippen LogP contribution in [0, 0.1) is 17.3 Å². The van der Waals surface area contributed by atoms with Crippen molar-refractivity contribution in [3.8, 4) is 0 Å². The lowest BCUT2D eigenvalue weighted by molar-refractivity contribution is 0.0300.